The lowest BCUT2D eigenvalue weighted by Crippen LogP contribution is -2.36. The number of hydrogen-bond acceptors (Lipinski definition) is 2. The Kier molecular flexibility index (Phi) is 3.17. The molecule has 0 saturated heterocycles. The van der Waals surface area contributed by atoms with Gasteiger partial charge < -0.3 is 11.1 Å². The van der Waals surface area contributed by atoms with Crippen molar-refractivity contribution >= 4 is 17.5 Å². The zero-order chi connectivity index (χ0) is 11.6. The number of carbonyl (C=O) groups is 1. The summed E-state index contributed by atoms with van der Waals surface area (Å²) in [6, 6.07) is 7.85. The minimum absolute atomic E-state index is 0.0472. The molecule has 0 unspecified atom stereocenters. The zero-order valence-electron chi connectivity index (χ0n) is 9.00. The summed E-state index contributed by atoms with van der Waals surface area (Å²) >= 11 is 5.96. The second-order valence-electron chi connectivity index (χ2n) is 4.27. The molecule has 0 heterocycles. The van der Waals surface area contributed by atoms with Gasteiger partial charge in [0.25, 0.3) is 0 Å². The van der Waals surface area contributed by atoms with Gasteiger partial charge in [0.1, 0.15) is 0 Å². The molecule has 1 aromatic rings. The van der Waals surface area contributed by atoms with Crippen LogP contribution in [-0.4, -0.2) is 19.0 Å². The summed E-state index contributed by atoms with van der Waals surface area (Å²) in [7, 11) is 0. The smallest absolute Gasteiger partial charge is 0.233 e. The summed E-state index contributed by atoms with van der Waals surface area (Å²) in [6.45, 7) is 0.703. The highest BCUT2D eigenvalue weighted by atomic mass is 35.5. The van der Waals surface area contributed by atoms with Crippen LogP contribution in [0.15, 0.2) is 24.3 Å². The van der Waals surface area contributed by atoms with Crippen molar-refractivity contribution in [3.63, 3.8) is 0 Å². The first-order valence-corrected chi connectivity index (χ1v) is 5.77. The Morgan fingerprint density at radius 2 is 2.25 bits per heavy atom. The second-order valence-corrected chi connectivity index (χ2v) is 4.71. The van der Waals surface area contributed by atoms with Crippen LogP contribution in [0.2, 0.25) is 5.02 Å². The van der Waals surface area contributed by atoms with Crippen molar-refractivity contribution in [1.82, 2.24) is 5.32 Å². The van der Waals surface area contributed by atoms with Gasteiger partial charge in [-0.3, -0.25) is 4.79 Å². The highest BCUT2D eigenvalue weighted by Gasteiger charge is 2.44. The quantitative estimate of drug-likeness (QED) is 0.834. The van der Waals surface area contributed by atoms with Crippen molar-refractivity contribution in [3.05, 3.63) is 34.9 Å². The maximum Gasteiger partial charge on any atom is 0.233 e. The van der Waals surface area contributed by atoms with Gasteiger partial charge >= 0.3 is 0 Å². The minimum Gasteiger partial charge on any atom is -0.354 e. The van der Waals surface area contributed by atoms with Crippen molar-refractivity contribution in [2.24, 2.45) is 5.73 Å². The molecule has 4 heteroatoms. The lowest BCUT2D eigenvalue weighted by Gasteiger charge is -2.16. The van der Waals surface area contributed by atoms with Gasteiger partial charge in [0.15, 0.2) is 0 Å². The van der Waals surface area contributed by atoms with Crippen LogP contribution in [0.1, 0.15) is 18.4 Å². The Hall–Kier alpha value is -1.06. The minimum atomic E-state index is -0.103. The zero-order valence-corrected chi connectivity index (χ0v) is 9.76. The fourth-order valence-corrected chi connectivity index (χ4v) is 2.07. The van der Waals surface area contributed by atoms with Gasteiger partial charge in [0, 0.05) is 17.0 Å². The third-order valence-corrected chi connectivity index (χ3v) is 3.33. The molecule has 0 spiro atoms. The standard InChI is InChI=1S/C12H15ClN2O/c13-10-3-1-2-9(6-10)12(4-5-12)8-15-11(16)7-14/h1-3,6H,4-5,7-8,14H2,(H,15,16). The first kappa shape index (κ1) is 11.4. The van der Waals surface area contributed by atoms with Gasteiger partial charge in [-0.25, -0.2) is 0 Å². The van der Waals surface area contributed by atoms with E-state index in [1.807, 2.05) is 18.2 Å². The Balaban J connectivity index is 2.05. The number of halogens is 1. The van der Waals surface area contributed by atoms with Crippen molar-refractivity contribution in [3.8, 4) is 0 Å². The van der Waals surface area contributed by atoms with E-state index < -0.39 is 0 Å². The molecule has 86 valence electrons. The monoisotopic (exact) mass is 238 g/mol. The summed E-state index contributed by atoms with van der Waals surface area (Å²) in [4.78, 5) is 11.1. The molecule has 1 fully saturated rings. The number of carbonyl (C=O) groups excluding carboxylic acids is 1. The van der Waals surface area contributed by atoms with Crippen molar-refractivity contribution in [2.45, 2.75) is 18.3 Å². The molecule has 1 aromatic carbocycles. The summed E-state index contributed by atoms with van der Waals surface area (Å²) in [5.41, 5.74) is 6.55. The molecule has 3 N–H and O–H groups in total. The number of rotatable bonds is 4. The van der Waals surface area contributed by atoms with Crippen LogP contribution in [0.4, 0.5) is 0 Å². The second kappa shape index (κ2) is 4.44. The summed E-state index contributed by atoms with van der Waals surface area (Å²) in [5, 5.41) is 3.59. The molecular weight excluding hydrogens is 224 g/mol. The van der Waals surface area contributed by atoms with Gasteiger partial charge in [-0.05, 0) is 30.5 Å². The fourth-order valence-electron chi connectivity index (χ4n) is 1.88. The van der Waals surface area contributed by atoms with E-state index in [1.165, 1.54) is 5.56 Å². The van der Waals surface area contributed by atoms with Crippen LogP contribution in [0.3, 0.4) is 0 Å². The van der Waals surface area contributed by atoms with E-state index in [0.717, 1.165) is 17.9 Å². The predicted molar refractivity (Wildman–Crippen MR) is 64.4 cm³/mol. The van der Waals surface area contributed by atoms with Crippen LogP contribution in [-0.2, 0) is 10.2 Å². The van der Waals surface area contributed by atoms with E-state index in [4.69, 9.17) is 17.3 Å². The molecule has 0 aromatic heterocycles. The summed E-state index contributed by atoms with van der Waals surface area (Å²) in [5.74, 6) is -0.103. The lowest BCUT2D eigenvalue weighted by molar-refractivity contribution is -0.119. The van der Waals surface area contributed by atoms with E-state index in [0.29, 0.717) is 6.54 Å². The maximum absolute atomic E-state index is 11.1. The highest BCUT2D eigenvalue weighted by Crippen LogP contribution is 2.48. The Morgan fingerprint density at radius 3 is 2.81 bits per heavy atom. The largest absolute Gasteiger partial charge is 0.354 e. The molecule has 1 saturated carbocycles. The maximum atomic E-state index is 11.1. The van der Waals surface area contributed by atoms with E-state index in [-0.39, 0.29) is 17.9 Å². The Bertz CT molecular complexity index is 402. The predicted octanol–water partition coefficient (Wildman–Crippen LogP) is 1.45. The topological polar surface area (TPSA) is 55.1 Å². The molecule has 0 bridgehead atoms. The van der Waals surface area contributed by atoms with Crippen LogP contribution in [0.5, 0.6) is 0 Å². The molecule has 0 radical (unpaired) electrons. The van der Waals surface area contributed by atoms with Gasteiger partial charge in [-0.2, -0.15) is 0 Å². The van der Waals surface area contributed by atoms with Crippen molar-refractivity contribution in [2.75, 3.05) is 13.1 Å². The van der Waals surface area contributed by atoms with Crippen molar-refractivity contribution in [1.29, 1.82) is 0 Å². The Morgan fingerprint density at radius 1 is 1.50 bits per heavy atom. The average molecular weight is 239 g/mol. The van der Waals surface area contributed by atoms with Crippen LogP contribution in [0.25, 0.3) is 0 Å². The number of nitrogens with two attached hydrogens (primary N) is 1. The van der Waals surface area contributed by atoms with Crippen molar-refractivity contribution < 1.29 is 4.79 Å². The van der Waals surface area contributed by atoms with Crippen LogP contribution >= 0.6 is 11.6 Å². The van der Waals surface area contributed by atoms with E-state index in [9.17, 15) is 4.79 Å². The number of amides is 1. The van der Waals surface area contributed by atoms with Gasteiger partial charge in [0.05, 0.1) is 6.54 Å². The van der Waals surface area contributed by atoms with E-state index >= 15 is 0 Å². The molecule has 0 atom stereocenters. The summed E-state index contributed by atoms with van der Waals surface area (Å²) < 4.78 is 0. The number of nitrogens with one attached hydrogen (secondary N) is 1. The third kappa shape index (κ3) is 2.36. The molecule has 3 nitrogen and oxygen atoms in total. The van der Waals surface area contributed by atoms with Gasteiger partial charge in [0.2, 0.25) is 5.91 Å². The normalized spacial score (nSPS) is 16.9. The van der Waals surface area contributed by atoms with Gasteiger partial charge in [-0.1, -0.05) is 23.7 Å². The lowest BCUT2D eigenvalue weighted by atomic mass is 9.96. The van der Waals surface area contributed by atoms with Crippen LogP contribution in [0, 0.1) is 0 Å². The van der Waals surface area contributed by atoms with Gasteiger partial charge in [-0.15, -0.1) is 0 Å². The molecular formula is C12H15ClN2O. The highest BCUT2D eigenvalue weighted by molar-refractivity contribution is 6.30. The SMILES string of the molecule is NCC(=O)NCC1(c2cccc(Cl)c2)CC1. The molecule has 1 amide bonds. The van der Waals surface area contributed by atoms with E-state index in [1.54, 1.807) is 0 Å². The molecule has 16 heavy (non-hydrogen) atoms. The molecule has 2 rings (SSSR count). The summed E-state index contributed by atoms with van der Waals surface area (Å²) in [6.07, 6.45) is 2.19. The first-order valence-electron chi connectivity index (χ1n) is 5.39. The fraction of sp³-hybridized carbons (Fsp3) is 0.417. The molecule has 1 aliphatic carbocycles. The Labute approximate surface area is 100.0 Å². The number of benzene rings is 1. The molecule has 0 aliphatic heterocycles. The number of hydrogen-bond donors (Lipinski definition) is 2. The average Bonchev–Trinajstić information content (AvgIpc) is 3.07. The first-order chi connectivity index (χ1) is 7.66. The third-order valence-electron chi connectivity index (χ3n) is 3.10. The van der Waals surface area contributed by atoms with E-state index in [2.05, 4.69) is 11.4 Å². The van der Waals surface area contributed by atoms with Crippen LogP contribution < -0.4 is 11.1 Å². The molecule has 1 aliphatic rings.